The molecule has 0 bridgehead atoms. The fraction of sp³-hybridized carbons (Fsp3) is 0.412. The quantitative estimate of drug-likeness (QED) is 0.880. The lowest BCUT2D eigenvalue weighted by molar-refractivity contribution is 0.0185. The normalized spacial score (nSPS) is 24.2. The van der Waals surface area contributed by atoms with Crippen molar-refractivity contribution >= 4 is 10.8 Å². The monoisotopic (exact) mass is 255 g/mol. The van der Waals surface area contributed by atoms with Crippen molar-refractivity contribution in [2.75, 3.05) is 6.54 Å². The summed E-state index contributed by atoms with van der Waals surface area (Å²) in [5.74, 6) is 1.03. The van der Waals surface area contributed by atoms with Crippen LogP contribution in [-0.2, 0) is 5.41 Å². The Bertz CT molecular complexity index is 632. The molecule has 0 radical (unpaired) electrons. The van der Waals surface area contributed by atoms with Gasteiger partial charge in [-0.25, -0.2) is 0 Å². The zero-order valence-electron chi connectivity index (χ0n) is 12.1. The van der Waals surface area contributed by atoms with Crippen molar-refractivity contribution in [3.8, 4) is 5.75 Å². The van der Waals surface area contributed by atoms with Crippen molar-refractivity contribution in [2.45, 2.75) is 38.8 Å². The minimum atomic E-state index is -0.353. The van der Waals surface area contributed by atoms with E-state index in [1.165, 1.54) is 16.3 Å². The molecule has 0 amide bonds. The molecule has 2 aromatic rings. The number of hydrogen-bond donors (Lipinski definition) is 1. The smallest absolute Gasteiger partial charge is 0.167 e. The summed E-state index contributed by atoms with van der Waals surface area (Å²) in [5.41, 5.74) is 0.881. The topological polar surface area (TPSA) is 21.3 Å². The lowest BCUT2D eigenvalue weighted by atomic mass is 9.77. The van der Waals surface area contributed by atoms with E-state index in [0.29, 0.717) is 0 Å². The second kappa shape index (κ2) is 3.97. The van der Waals surface area contributed by atoms with Crippen molar-refractivity contribution in [2.24, 2.45) is 0 Å². The van der Waals surface area contributed by atoms with E-state index in [1.807, 2.05) is 0 Å². The van der Waals surface area contributed by atoms with Crippen LogP contribution in [0.4, 0.5) is 0 Å². The number of hydrogen-bond acceptors (Lipinski definition) is 2. The van der Waals surface area contributed by atoms with Crippen LogP contribution < -0.4 is 10.1 Å². The van der Waals surface area contributed by atoms with E-state index in [4.69, 9.17) is 4.74 Å². The van der Waals surface area contributed by atoms with Gasteiger partial charge in [-0.2, -0.15) is 0 Å². The molecule has 0 aromatic heterocycles. The molecule has 0 spiro atoms. The second-order valence-electron chi connectivity index (χ2n) is 5.95. The molecule has 2 nitrogen and oxygen atoms in total. The third kappa shape index (κ3) is 1.59. The third-order valence-corrected chi connectivity index (χ3v) is 4.57. The molecule has 1 atom stereocenters. The Kier molecular flexibility index (Phi) is 2.61. The number of fused-ring (bicyclic) bond motifs is 3. The first kappa shape index (κ1) is 12.5. The summed E-state index contributed by atoms with van der Waals surface area (Å²) in [7, 11) is 0. The Balaban J connectivity index is 2.24. The highest BCUT2D eigenvalue weighted by Gasteiger charge is 2.51. The Morgan fingerprint density at radius 3 is 2.53 bits per heavy atom. The highest BCUT2D eigenvalue weighted by atomic mass is 16.5. The van der Waals surface area contributed by atoms with Crippen molar-refractivity contribution in [1.82, 2.24) is 5.32 Å². The van der Waals surface area contributed by atoms with Gasteiger partial charge in [-0.3, -0.25) is 5.32 Å². The zero-order valence-corrected chi connectivity index (χ0v) is 12.1. The number of nitrogens with one attached hydrogen (secondary N) is 1. The fourth-order valence-corrected chi connectivity index (χ4v) is 3.03. The van der Waals surface area contributed by atoms with Crippen molar-refractivity contribution < 1.29 is 4.74 Å². The van der Waals surface area contributed by atoms with Gasteiger partial charge in [0.1, 0.15) is 5.75 Å². The van der Waals surface area contributed by atoms with Crippen molar-refractivity contribution in [3.63, 3.8) is 0 Å². The number of ether oxygens (including phenoxy) is 1. The van der Waals surface area contributed by atoms with Gasteiger partial charge in [-0.1, -0.05) is 57.2 Å². The van der Waals surface area contributed by atoms with Crippen LogP contribution in [0.1, 0.15) is 33.3 Å². The first-order chi connectivity index (χ1) is 8.99. The van der Waals surface area contributed by atoms with E-state index in [-0.39, 0.29) is 11.1 Å². The molecular weight excluding hydrogens is 234 g/mol. The summed E-state index contributed by atoms with van der Waals surface area (Å²) in [6.07, 6.45) is 0. The Morgan fingerprint density at radius 2 is 1.79 bits per heavy atom. The highest BCUT2D eigenvalue weighted by Crippen LogP contribution is 2.50. The molecule has 0 aliphatic carbocycles. The summed E-state index contributed by atoms with van der Waals surface area (Å²) >= 11 is 0. The summed E-state index contributed by atoms with van der Waals surface area (Å²) in [5, 5.41) is 5.94. The molecular formula is C17H21NO. The summed E-state index contributed by atoms with van der Waals surface area (Å²) in [6, 6.07) is 12.8. The predicted molar refractivity (Wildman–Crippen MR) is 79.7 cm³/mol. The third-order valence-electron chi connectivity index (χ3n) is 4.57. The average Bonchev–Trinajstić information content (AvgIpc) is 2.58. The first-order valence-electron chi connectivity index (χ1n) is 6.96. The minimum absolute atomic E-state index is 0.0532. The molecule has 0 fully saturated rings. The molecule has 1 aliphatic rings. The van der Waals surface area contributed by atoms with Gasteiger partial charge in [0, 0.05) is 16.4 Å². The predicted octanol–water partition coefficient (Wildman–Crippen LogP) is 3.84. The van der Waals surface area contributed by atoms with Gasteiger partial charge in [-0.15, -0.1) is 0 Å². The van der Waals surface area contributed by atoms with Gasteiger partial charge in [0.2, 0.25) is 0 Å². The van der Waals surface area contributed by atoms with Crippen molar-refractivity contribution in [3.05, 3.63) is 42.0 Å². The average molecular weight is 255 g/mol. The van der Waals surface area contributed by atoms with Gasteiger partial charge in [0.25, 0.3) is 0 Å². The molecule has 2 heteroatoms. The van der Waals surface area contributed by atoms with E-state index < -0.39 is 0 Å². The van der Waals surface area contributed by atoms with Gasteiger partial charge < -0.3 is 4.74 Å². The van der Waals surface area contributed by atoms with Crippen LogP contribution in [0.15, 0.2) is 36.4 Å². The molecule has 0 saturated heterocycles. The maximum Gasteiger partial charge on any atom is 0.167 e. The Morgan fingerprint density at radius 1 is 1.05 bits per heavy atom. The van der Waals surface area contributed by atoms with Gasteiger partial charge >= 0.3 is 0 Å². The van der Waals surface area contributed by atoms with Crippen LogP contribution >= 0.6 is 0 Å². The lowest BCUT2D eigenvalue weighted by Gasteiger charge is -2.37. The van der Waals surface area contributed by atoms with Gasteiger partial charge in [0.15, 0.2) is 5.72 Å². The van der Waals surface area contributed by atoms with Crippen LogP contribution in [0.25, 0.3) is 10.8 Å². The molecule has 100 valence electrons. The maximum atomic E-state index is 6.35. The van der Waals surface area contributed by atoms with Crippen LogP contribution in [0.3, 0.4) is 0 Å². The van der Waals surface area contributed by atoms with Gasteiger partial charge in [-0.05, 0) is 18.9 Å². The lowest BCUT2D eigenvalue weighted by Crippen LogP contribution is -2.56. The maximum absolute atomic E-state index is 6.35. The Labute approximate surface area is 114 Å². The molecule has 1 aliphatic heterocycles. The first-order valence-corrected chi connectivity index (χ1v) is 6.96. The second-order valence-corrected chi connectivity index (χ2v) is 5.95. The SMILES string of the molecule is CCNC1(C)Oc2c(ccc3ccccc23)C1(C)C. The van der Waals surface area contributed by atoms with Gasteiger partial charge in [0.05, 0.1) is 0 Å². The van der Waals surface area contributed by atoms with E-state index in [1.54, 1.807) is 0 Å². The van der Waals surface area contributed by atoms with Crippen LogP contribution in [0.5, 0.6) is 5.75 Å². The number of benzene rings is 2. The standard InChI is InChI=1S/C17H21NO/c1-5-18-17(4)16(2,3)14-11-10-12-8-6-7-9-13(12)15(14)19-17/h6-11,18H,5H2,1-4H3. The molecule has 1 heterocycles. The van der Waals surface area contributed by atoms with Crippen molar-refractivity contribution in [1.29, 1.82) is 0 Å². The van der Waals surface area contributed by atoms with Crippen LogP contribution in [0.2, 0.25) is 0 Å². The number of likely N-dealkylation sites (N-methyl/N-ethyl adjacent to an activating group) is 1. The van der Waals surface area contributed by atoms with E-state index >= 15 is 0 Å². The summed E-state index contributed by atoms with van der Waals surface area (Å²) in [6.45, 7) is 9.65. The fourth-order valence-electron chi connectivity index (χ4n) is 3.03. The molecule has 19 heavy (non-hydrogen) atoms. The molecule has 2 aromatic carbocycles. The van der Waals surface area contributed by atoms with E-state index in [0.717, 1.165) is 12.3 Å². The van der Waals surface area contributed by atoms with Crippen LogP contribution in [0, 0.1) is 0 Å². The summed E-state index contributed by atoms with van der Waals surface area (Å²) in [4.78, 5) is 0. The zero-order chi connectivity index (χ0) is 13.7. The van der Waals surface area contributed by atoms with E-state index in [2.05, 4.69) is 69.4 Å². The van der Waals surface area contributed by atoms with E-state index in [9.17, 15) is 0 Å². The summed E-state index contributed by atoms with van der Waals surface area (Å²) < 4.78 is 6.35. The van der Waals surface area contributed by atoms with Crippen LogP contribution in [-0.4, -0.2) is 12.3 Å². The molecule has 3 rings (SSSR count). The highest BCUT2D eigenvalue weighted by molar-refractivity contribution is 5.90. The molecule has 1 N–H and O–H groups in total. The Hall–Kier alpha value is -1.54. The largest absolute Gasteiger partial charge is 0.471 e. The minimum Gasteiger partial charge on any atom is -0.471 e. The number of rotatable bonds is 2. The molecule has 1 unspecified atom stereocenters. The molecule has 0 saturated carbocycles.